The standard InChI is InChI=1S/C38H51N3O7.C33H43N3O5.2CH4.2ClH/c1-7-10-23-45-34-26-30(36(43)46-24-22-41(8-2)9-3)18-21-32(34)39-35(42)33(40-37(44)48-38(4,5)6)25-28-16-19-31(20-17-28)47-27-29-14-12-11-13-15-29;1-4-7-20-39-31-23-27(33(38)40-21-19-36(5-2)6-3)15-18-30(31)35-32(37)29(34)22-25-13-16-28(17-14-25)41-24-26-11-9-8-10-12-26;;;;/h11-21,26,33H,7-10,22-25,27H2,1-6H3,(H,39,42)(H,40,44);8-18,23,29H,4-7,19-22,24,34H2,1-3H3,(H,35,37);2*1H4;2*1H/t33-;29-;;;;/m11..../s1. The van der Waals surface area contributed by atoms with Crippen molar-refractivity contribution in [2.24, 2.45) is 5.73 Å². The van der Waals surface area contributed by atoms with Crippen LogP contribution in [0.15, 0.2) is 146 Å². The predicted molar refractivity (Wildman–Crippen MR) is 378 cm³/mol. The Bertz CT molecular complexity index is 3070. The van der Waals surface area contributed by atoms with Crippen LogP contribution in [0.3, 0.4) is 0 Å². The predicted octanol–water partition coefficient (Wildman–Crippen LogP) is 14.6. The van der Waals surface area contributed by atoms with E-state index in [1.807, 2.05) is 116 Å². The van der Waals surface area contributed by atoms with Crippen molar-refractivity contribution in [3.63, 3.8) is 0 Å². The molecule has 3 amide bonds. The van der Waals surface area contributed by atoms with Gasteiger partial charge in [-0.15, -0.1) is 24.8 Å². The molecule has 6 aromatic carbocycles. The Morgan fingerprint density at radius 1 is 0.484 bits per heavy atom. The van der Waals surface area contributed by atoms with Crippen molar-refractivity contribution in [1.29, 1.82) is 0 Å². The minimum Gasteiger partial charge on any atom is -0.491 e. The van der Waals surface area contributed by atoms with Crippen molar-refractivity contribution >= 4 is 66.0 Å². The summed E-state index contributed by atoms with van der Waals surface area (Å²) in [6.45, 7) is 24.8. The van der Waals surface area contributed by atoms with Gasteiger partial charge in [0.05, 0.1) is 41.8 Å². The third kappa shape index (κ3) is 31.1. The summed E-state index contributed by atoms with van der Waals surface area (Å²) in [5.41, 5.74) is 10.9. The van der Waals surface area contributed by atoms with E-state index >= 15 is 0 Å². The first-order valence-corrected chi connectivity index (χ1v) is 31.1. The smallest absolute Gasteiger partial charge is 0.408 e. The Labute approximate surface area is 566 Å². The lowest BCUT2D eigenvalue weighted by Gasteiger charge is -2.24. The number of hydrogen-bond acceptors (Lipinski definition) is 15. The number of carbonyl (C=O) groups is 5. The number of nitrogens with two attached hydrogens (primary N) is 1. The number of anilines is 2. The van der Waals surface area contributed by atoms with Gasteiger partial charge >= 0.3 is 18.0 Å². The maximum atomic E-state index is 13.7. The van der Waals surface area contributed by atoms with Gasteiger partial charge in [-0.05, 0) is 149 Å². The lowest BCUT2D eigenvalue weighted by molar-refractivity contribution is -0.118. The Kier molecular flexibility index (Phi) is 40.6. The molecule has 0 aromatic heterocycles. The highest BCUT2D eigenvalue weighted by molar-refractivity contribution is 5.99. The van der Waals surface area contributed by atoms with Crippen LogP contribution in [0.2, 0.25) is 0 Å². The van der Waals surface area contributed by atoms with Crippen LogP contribution >= 0.6 is 24.8 Å². The molecule has 0 radical (unpaired) electrons. The van der Waals surface area contributed by atoms with Gasteiger partial charge in [0.25, 0.3) is 0 Å². The van der Waals surface area contributed by atoms with Crippen molar-refractivity contribution in [3.8, 4) is 23.0 Å². The minimum absolute atomic E-state index is 0. The number of nitrogens with one attached hydrogen (secondary N) is 3. The Morgan fingerprint density at radius 2 is 0.882 bits per heavy atom. The monoisotopic (exact) mass is 1330 g/mol. The van der Waals surface area contributed by atoms with Crippen LogP contribution in [0.5, 0.6) is 23.0 Å². The molecule has 6 aromatic rings. The second-order valence-electron chi connectivity index (χ2n) is 22.2. The summed E-state index contributed by atoms with van der Waals surface area (Å²) in [6, 6.07) is 42.7. The molecule has 6 rings (SSSR count). The van der Waals surface area contributed by atoms with Gasteiger partial charge in [0.2, 0.25) is 11.8 Å². The number of alkyl carbamates (subject to hydrolysis) is 1. The summed E-state index contributed by atoms with van der Waals surface area (Å²) in [7, 11) is 0. The van der Waals surface area contributed by atoms with E-state index in [0.717, 1.165) is 79.9 Å². The van der Waals surface area contributed by atoms with Crippen LogP contribution in [-0.4, -0.2) is 123 Å². The van der Waals surface area contributed by atoms with E-state index < -0.39 is 41.6 Å². The average molecular weight is 1330 g/mol. The molecule has 512 valence electrons. The number of esters is 2. The SMILES string of the molecule is C.C.CCCCOc1cc(C(=O)OCCN(CC)CC)ccc1NC(=O)[C@@H](Cc1ccc(OCc2ccccc2)cc1)NC(=O)OC(C)(C)C.CCCCOc1cc(C(=O)OCCN(CC)CC)ccc1NC(=O)[C@H](N)Cc1ccc(OCc2ccccc2)cc1.Cl.Cl. The molecule has 0 saturated heterocycles. The molecule has 0 aliphatic heterocycles. The van der Waals surface area contributed by atoms with E-state index in [0.29, 0.717) is 92.3 Å². The zero-order valence-corrected chi connectivity index (χ0v) is 56.1. The van der Waals surface area contributed by atoms with Crippen molar-refractivity contribution in [1.82, 2.24) is 15.1 Å². The molecular weight excluding hydrogens is 1220 g/mol. The summed E-state index contributed by atoms with van der Waals surface area (Å²) in [5.74, 6) is 0.470. The summed E-state index contributed by atoms with van der Waals surface area (Å²) >= 11 is 0. The number of unbranched alkanes of at least 4 members (excludes halogenated alkanes) is 2. The number of benzene rings is 6. The number of carbonyl (C=O) groups excluding carboxylic acids is 5. The highest BCUT2D eigenvalue weighted by Gasteiger charge is 2.27. The topological polar surface area (TPSA) is 219 Å². The fraction of sp³-hybridized carbons (Fsp3) is 0.438. The first-order chi connectivity index (χ1) is 42.9. The number of amides is 3. The zero-order valence-electron chi connectivity index (χ0n) is 54.4. The quantitative estimate of drug-likeness (QED) is 0.0165. The number of halogens is 2. The normalized spacial score (nSPS) is 11.2. The molecule has 0 aliphatic carbocycles. The molecule has 0 heterocycles. The van der Waals surface area contributed by atoms with E-state index in [2.05, 4.69) is 60.4 Å². The maximum Gasteiger partial charge on any atom is 0.408 e. The highest BCUT2D eigenvalue weighted by Crippen LogP contribution is 2.29. The van der Waals surface area contributed by atoms with Crippen molar-refractivity contribution in [2.45, 2.75) is 147 Å². The van der Waals surface area contributed by atoms with E-state index in [1.165, 1.54) is 0 Å². The molecular formula is C73H104Cl2N6O12. The summed E-state index contributed by atoms with van der Waals surface area (Å²) < 4.78 is 40.1. The molecule has 93 heavy (non-hydrogen) atoms. The van der Waals surface area contributed by atoms with Gasteiger partial charge in [-0.3, -0.25) is 9.59 Å². The number of hydrogen-bond donors (Lipinski definition) is 4. The fourth-order valence-electron chi connectivity index (χ4n) is 8.79. The van der Waals surface area contributed by atoms with Gasteiger partial charge in [0.1, 0.15) is 61.1 Å². The Hall–Kier alpha value is -7.87. The summed E-state index contributed by atoms with van der Waals surface area (Å²) in [5, 5.41) is 8.50. The van der Waals surface area contributed by atoms with E-state index in [9.17, 15) is 24.0 Å². The third-order valence-electron chi connectivity index (χ3n) is 14.1. The van der Waals surface area contributed by atoms with Crippen LogP contribution in [0, 0.1) is 0 Å². The first kappa shape index (κ1) is 83.1. The van der Waals surface area contributed by atoms with Gasteiger partial charge in [0, 0.05) is 19.5 Å². The number of nitrogens with zero attached hydrogens (tertiary/aromatic N) is 2. The number of ether oxygens (including phenoxy) is 7. The Morgan fingerprint density at radius 3 is 1.27 bits per heavy atom. The van der Waals surface area contributed by atoms with Crippen molar-refractivity contribution < 1.29 is 57.1 Å². The average Bonchev–Trinajstić information content (AvgIpc) is 1.12. The van der Waals surface area contributed by atoms with Crippen LogP contribution in [0.25, 0.3) is 0 Å². The lowest BCUT2D eigenvalue weighted by Crippen LogP contribution is -2.47. The van der Waals surface area contributed by atoms with Gasteiger partial charge < -0.3 is 64.6 Å². The molecule has 0 saturated carbocycles. The molecule has 2 atom stereocenters. The third-order valence-corrected chi connectivity index (χ3v) is 14.1. The van der Waals surface area contributed by atoms with Crippen LogP contribution in [-0.2, 0) is 49.9 Å². The maximum absolute atomic E-state index is 13.7. The molecule has 0 fully saturated rings. The Balaban J connectivity index is 0.000000901. The molecule has 0 aliphatic rings. The van der Waals surface area contributed by atoms with Gasteiger partial charge in [-0.25, -0.2) is 14.4 Å². The van der Waals surface area contributed by atoms with E-state index in [-0.39, 0.29) is 58.6 Å². The van der Waals surface area contributed by atoms with E-state index in [4.69, 9.17) is 38.9 Å². The highest BCUT2D eigenvalue weighted by atomic mass is 35.5. The fourth-order valence-corrected chi connectivity index (χ4v) is 8.79. The molecule has 0 bridgehead atoms. The van der Waals surface area contributed by atoms with Crippen LogP contribution in [0.1, 0.15) is 146 Å². The van der Waals surface area contributed by atoms with E-state index in [1.54, 1.807) is 57.2 Å². The first-order valence-electron chi connectivity index (χ1n) is 31.1. The summed E-state index contributed by atoms with van der Waals surface area (Å²) in [6.07, 6.45) is 3.33. The van der Waals surface area contributed by atoms with Gasteiger partial charge in [0.15, 0.2) is 0 Å². The van der Waals surface area contributed by atoms with Crippen LogP contribution < -0.4 is 40.6 Å². The minimum atomic E-state index is -0.982. The lowest BCUT2D eigenvalue weighted by atomic mass is 10.0. The molecule has 20 heteroatoms. The molecule has 18 nitrogen and oxygen atoms in total. The number of rotatable bonds is 35. The second kappa shape index (κ2) is 45.4. The molecule has 0 spiro atoms. The molecule has 0 unspecified atom stereocenters. The van der Waals surface area contributed by atoms with Crippen molar-refractivity contribution in [3.05, 3.63) is 179 Å². The summed E-state index contributed by atoms with van der Waals surface area (Å²) in [4.78, 5) is 69.4. The number of likely N-dealkylation sites (N-methyl/N-ethyl adjacent to an activating group) is 2. The van der Waals surface area contributed by atoms with Crippen molar-refractivity contribution in [2.75, 3.05) is 76.3 Å². The van der Waals surface area contributed by atoms with Gasteiger partial charge in [-0.1, -0.05) is 154 Å². The van der Waals surface area contributed by atoms with Gasteiger partial charge in [-0.2, -0.15) is 0 Å². The largest absolute Gasteiger partial charge is 0.491 e. The zero-order chi connectivity index (χ0) is 64.4. The second-order valence-corrected chi connectivity index (χ2v) is 22.2. The van der Waals surface area contributed by atoms with Crippen LogP contribution in [0.4, 0.5) is 16.2 Å². The molecule has 5 N–H and O–H groups in total.